The Hall–Kier alpha value is -5.15. The lowest BCUT2D eigenvalue weighted by Crippen LogP contribution is -2.52. The molecule has 3 atom stereocenters. The fraction of sp³-hybridized carbons (Fsp3) is 0.343. The van der Waals surface area contributed by atoms with Crippen LogP contribution in [0.4, 0.5) is 14.5 Å². The van der Waals surface area contributed by atoms with Crippen LogP contribution >= 0.6 is 0 Å². The number of likely N-dealkylation sites (tertiary alicyclic amines) is 1. The predicted molar refractivity (Wildman–Crippen MR) is 169 cm³/mol. The molecule has 6 rings (SSSR count). The summed E-state index contributed by atoms with van der Waals surface area (Å²) in [5, 5.41) is 11.4. The summed E-state index contributed by atoms with van der Waals surface area (Å²) < 4.78 is 36.1. The zero-order valence-corrected chi connectivity index (χ0v) is 25.6. The zero-order valence-electron chi connectivity index (χ0n) is 25.6. The van der Waals surface area contributed by atoms with Gasteiger partial charge in [-0.05, 0) is 73.4 Å². The van der Waals surface area contributed by atoms with Gasteiger partial charge in [0.25, 0.3) is 5.56 Å². The fourth-order valence-corrected chi connectivity index (χ4v) is 6.32. The molecular formula is C35H34F2N6O4. The Morgan fingerprint density at radius 3 is 2.43 bits per heavy atom. The highest BCUT2D eigenvalue weighted by molar-refractivity contribution is 5.80. The Bertz CT molecular complexity index is 1840. The second-order valence-electron chi connectivity index (χ2n) is 12.2. The summed E-state index contributed by atoms with van der Waals surface area (Å²) in [6, 6.07) is 16.3. The minimum absolute atomic E-state index is 0.0588. The van der Waals surface area contributed by atoms with Gasteiger partial charge in [-0.25, -0.2) is 23.7 Å². The molecule has 2 fully saturated rings. The number of aliphatic hydroxyl groups is 1. The molecule has 2 aromatic carbocycles. The lowest BCUT2D eigenvalue weighted by molar-refractivity contribution is -0.142. The van der Waals surface area contributed by atoms with Crippen molar-refractivity contribution in [3.05, 3.63) is 107 Å². The molecule has 1 amide bonds. The van der Waals surface area contributed by atoms with E-state index in [1.807, 2.05) is 30.3 Å². The highest BCUT2D eigenvalue weighted by Gasteiger charge is 2.46. The van der Waals surface area contributed by atoms with Crippen molar-refractivity contribution in [1.29, 1.82) is 0 Å². The Kier molecular flexibility index (Phi) is 9.00. The molecule has 0 spiro atoms. The van der Waals surface area contributed by atoms with E-state index >= 15 is 4.39 Å². The van der Waals surface area contributed by atoms with Crippen LogP contribution in [0.15, 0.2) is 84.2 Å². The molecule has 1 saturated carbocycles. The number of aromatic nitrogens is 4. The number of carbonyl (C=O) groups is 1. The molecule has 1 aliphatic carbocycles. The van der Waals surface area contributed by atoms with Gasteiger partial charge < -0.3 is 20.5 Å². The van der Waals surface area contributed by atoms with E-state index in [0.29, 0.717) is 6.42 Å². The van der Waals surface area contributed by atoms with Gasteiger partial charge in [0.2, 0.25) is 17.6 Å². The number of nitrogen functional groups attached to an aromatic ring is 1. The molecule has 242 valence electrons. The number of hydrogen-bond acceptors (Lipinski definition) is 8. The quantitative estimate of drug-likeness (QED) is 0.299. The standard InChI is InChI=1S/C35H34F2N6O4/c36-25-7-9-26(10-8-25)47-31-30(38)33(45)43(23-41-31)22-35(46)15-19-42(20-16-35)32(44)27-11-13-34(37,14-12-29-39-17-4-18-40-29)21-28(27)24-5-2-1-3-6-24/h1-10,17-18,23,27-28,46H,11,13,15-16,19-22,38H2/t27-,28+,34+/m1/s1. The highest BCUT2D eigenvalue weighted by atomic mass is 19.1. The summed E-state index contributed by atoms with van der Waals surface area (Å²) >= 11 is 0. The molecule has 47 heavy (non-hydrogen) atoms. The summed E-state index contributed by atoms with van der Waals surface area (Å²) in [4.78, 5) is 41.0. The Labute approximate surface area is 270 Å². The van der Waals surface area contributed by atoms with Gasteiger partial charge >= 0.3 is 0 Å². The number of rotatable bonds is 6. The van der Waals surface area contributed by atoms with Crippen LogP contribution in [0.1, 0.15) is 49.4 Å². The molecule has 12 heteroatoms. The third kappa shape index (κ3) is 7.31. The van der Waals surface area contributed by atoms with Crippen LogP contribution in [-0.4, -0.2) is 59.8 Å². The molecule has 3 N–H and O–H groups in total. The van der Waals surface area contributed by atoms with E-state index in [9.17, 15) is 19.1 Å². The number of nitrogens with zero attached hydrogens (tertiary/aromatic N) is 5. The molecule has 0 unspecified atom stereocenters. The Balaban J connectivity index is 1.12. The van der Waals surface area contributed by atoms with Crippen LogP contribution in [0.3, 0.4) is 0 Å². The van der Waals surface area contributed by atoms with E-state index in [1.54, 1.807) is 23.4 Å². The van der Waals surface area contributed by atoms with Crippen molar-refractivity contribution in [1.82, 2.24) is 24.4 Å². The van der Waals surface area contributed by atoms with Gasteiger partial charge in [0.1, 0.15) is 17.9 Å². The minimum atomic E-state index is -1.80. The van der Waals surface area contributed by atoms with Gasteiger partial charge in [-0.2, -0.15) is 0 Å². The number of ether oxygens (including phenoxy) is 1. The number of hydrogen-bond donors (Lipinski definition) is 2. The van der Waals surface area contributed by atoms with Crippen molar-refractivity contribution >= 4 is 11.6 Å². The second-order valence-corrected chi connectivity index (χ2v) is 12.2. The van der Waals surface area contributed by atoms with Crippen LogP contribution in [0.2, 0.25) is 0 Å². The van der Waals surface area contributed by atoms with Crippen LogP contribution in [0, 0.1) is 23.6 Å². The molecule has 10 nitrogen and oxygen atoms in total. The number of halogens is 2. The summed E-state index contributed by atoms with van der Waals surface area (Å²) in [5.41, 5.74) is 2.95. The van der Waals surface area contributed by atoms with E-state index in [2.05, 4.69) is 26.8 Å². The largest absolute Gasteiger partial charge is 0.437 e. The summed E-state index contributed by atoms with van der Waals surface area (Å²) in [6.07, 6.45) is 5.26. The van der Waals surface area contributed by atoms with Crippen LogP contribution in [0.25, 0.3) is 0 Å². The molecular weight excluding hydrogens is 606 g/mol. The topological polar surface area (TPSA) is 136 Å². The number of amides is 1. The van der Waals surface area contributed by atoms with Gasteiger partial charge in [0, 0.05) is 37.8 Å². The normalized spacial score (nSPS) is 22.1. The first kappa shape index (κ1) is 31.8. The van der Waals surface area contributed by atoms with Gasteiger partial charge in [-0.1, -0.05) is 36.3 Å². The average Bonchev–Trinajstić information content (AvgIpc) is 3.09. The first-order valence-electron chi connectivity index (χ1n) is 15.4. The smallest absolute Gasteiger partial charge is 0.280 e. The first-order valence-corrected chi connectivity index (χ1v) is 15.4. The van der Waals surface area contributed by atoms with Gasteiger partial charge in [-0.3, -0.25) is 14.2 Å². The molecule has 1 aliphatic heterocycles. The van der Waals surface area contributed by atoms with E-state index in [-0.39, 0.29) is 74.4 Å². The molecule has 0 bridgehead atoms. The van der Waals surface area contributed by atoms with E-state index in [0.717, 1.165) is 5.56 Å². The predicted octanol–water partition coefficient (Wildman–Crippen LogP) is 4.24. The van der Waals surface area contributed by atoms with Crippen LogP contribution in [-0.2, 0) is 11.3 Å². The molecule has 0 radical (unpaired) electrons. The Morgan fingerprint density at radius 2 is 1.72 bits per heavy atom. The SMILES string of the molecule is Nc1c(Oc2ccc(F)cc2)ncn(CC2(O)CCN(C(=O)[C@@H]3CC[C@](F)(C#Cc4ncccn4)C[C@H]3c3ccccc3)CC2)c1=O. The minimum Gasteiger partial charge on any atom is -0.437 e. The lowest BCUT2D eigenvalue weighted by atomic mass is 9.69. The third-order valence-corrected chi connectivity index (χ3v) is 8.92. The van der Waals surface area contributed by atoms with E-state index < -0.39 is 34.5 Å². The zero-order chi connectivity index (χ0) is 33.0. The molecule has 1 saturated heterocycles. The Morgan fingerprint density at radius 1 is 1.02 bits per heavy atom. The van der Waals surface area contributed by atoms with Crippen LogP contribution < -0.4 is 16.0 Å². The number of anilines is 1. The van der Waals surface area contributed by atoms with Crippen molar-refractivity contribution in [3.63, 3.8) is 0 Å². The number of benzene rings is 2. The molecule has 2 aliphatic rings. The van der Waals surface area contributed by atoms with Gasteiger partial charge in [0.05, 0.1) is 12.1 Å². The van der Waals surface area contributed by atoms with Crippen molar-refractivity contribution in [3.8, 4) is 23.5 Å². The highest BCUT2D eigenvalue weighted by Crippen LogP contribution is 2.45. The number of carbonyl (C=O) groups excluding carboxylic acids is 1. The van der Waals surface area contributed by atoms with Crippen molar-refractivity contribution in [2.45, 2.75) is 55.8 Å². The summed E-state index contributed by atoms with van der Waals surface area (Å²) in [6.45, 7) is 0.456. The maximum absolute atomic E-state index is 16.1. The summed E-state index contributed by atoms with van der Waals surface area (Å²) in [7, 11) is 0. The number of nitrogens with two attached hydrogens (primary N) is 1. The van der Waals surface area contributed by atoms with E-state index in [4.69, 9.17) is 10.5 Å². The average molecular weight is 641 g/mol. The third-order valence-electron chi connectivity index (χ3n) is 8.92. The maximum atomic E-state index is 16.1. The van der Waals surface area contributed by atoms with Crippen molar-refractivity contribution in [2.24, 2.45) is 5.92 Å². The summed E-state index contributed by atoms with van der Waals surface area (Å²) in [5.74, 6) is 4.52. The lowest BCUT2D eigenvalue weighted by Gasteiger charge is -2.43. The van der Waals surface area contributed by atoms with E-state index in [1.165, 1.54) is 35.2 Å². The van der Waals surface area contributed by atoms with Crippen molar-refractivity contribution in [2.75, 3.05) is 18.8 Å². The number of piperidine rings is 1. The molecule has 4 aromatic rings. The molecule has 2 aromatic heterocycles. The maximum Gasteiger partial charge on any atom is 0.280 e. The van der Waals surface area contributed by atoms with Gasteiger partial charge in [0.15, 0.2) is 11.4 Å². The second kappa shape index (κ2) is 13.3. The van der Waals surface area contributed by atoms with Crippen LogP contribution in [0.5, 0.6) is 11.6 Å². The fourth-order valence-electron chi connectivity index (χ4n) is 6.32. The van der Waals surface area contributed by atoms with Gasteiger partial charge in [-0.15, -0.1) is 0 Å². The molecule has 3 heterocycles. The first-order chi connectivity index (χ1) is 22.6. The monoisotopic (exact) mass is 640 g/mol. The number of alkyl halides is 1. The van der Waals surface area contributed by atoms with Crippen molar-refractivity contribution < 1.29 is 23.4 Å².